The monoisotopic (exact) mass is 268 g/mol. The molecule has 0 fully saturated rings. The summed E-state index contributed by atoms with van der Waals surface area (Å²) in [5, 5.41) is 16.8. The quantitative estimate of drug-likeness (QED) is 0.839. The molecule has 0 aliphatic rings. The lowest BCUT2D eigenvalue weighted by Gasteiger charge is -2.02. The molecule has 2 heterocycles. The fourth-order valence-electron chi connectivity index (χ4n) is 1.35. The van der Waals surface area contributed by atoms with Gasteiger partial charge in [-0.15, -0.1) is 10.2 Å². The number of hydrogen-bond acceptors (Lipinski definition) is 5. The summed E-state index contributed by atoms with van der Waals surface area (Å²) in [6.07, 6.45) is 2.57. The maximum atomic E-state index is 13.0. The topological polar surface area (TPSA) is 80.9 Å². The van der Waals surface area contributed by atoms with Crippen molar-refractivity contribution in [1.29, 1.82) is 0 Å². The van der Waals surface area contributed by atoms with Crippen molar-refractivity contribution in [2.45, 2.75) is 5.16 Å². The molecule has 0 atom stereocenters. The van der Waals surface area contributed by atoms with Crippen LogP contribution in [0.1, 0.15) is 0 Å². The number of aliphatic carboxylic acids is 1. The van der Waals surface area contributed by atoms with Gasteiger partial charge in [-0.3, -0.25) is 9.78 Å². The van der Waals surface area contributed by atoms with E-state index < -0.39 is 11.8 Å². The summed E-state index contributed by atoms with van der Waals surface area (Å²) in [5.74, 6) is -1.06. The second kappa shape index (κ2) is 5.13. The number of nitrogens with zero attached hydrogens (tertiary/aromatic N) is 4. The predicted molar refractivity (Wildman–Crippen MR) is 62.6 cm³/mol. The lowest BCUT2D eigenvalue weighted by molar-refractivity contribution is -0.133. The van der Waals surface area contributed by atoms with Crippen molar-refractivity contribution >= 4 is 17.7 Å². The Kier molecular flexibility index (Phi) is 3.56. The summed E-state index contributed by atoms with van der Waals surface area (Å²) >= 11 is 1.05. The van der Waals surface area contributed by atoms with E-state index in [-0.39, 0.29) is 5.75 Å². The molecule has 2 aromatic heterocycles. The van der Waals surface area contributed by atoms with Crippen molar-refractivity contribution in [3.63, 3.8) is 0 Å². The Morgan fingerprint density at radius 1 is 1.50 bits per heavy atom. The summed E-state index contributed by atoms with van der Waals surface area (Å²) in [6, 6.07) is 1.29. The first-order valence-corrected chi connectivity index (χ1v) is 5.91. The number of carboxylic acids is 1. The van der Waals surface area contributed by atoms with Crippen LogP contribution >= 0.6 is 11.8 Å². The highest BCUT2D eigenvalue weighted by Gasteiger charge is 2.13. The molecule has 0 saturated heterocycles. The van der Waals surface area contributed by atoms with E-state index in [9.17, 15) is 9.18 Å². The Morgan fingerprint density at radius 2 is 2.28 bits per heavy atom. The van der Waals surface area contributed by atoms with Crippen LogP contribution in [-0.4, -0.2) is 36.6 Å². The zero-order valence-electron chi connectivity index (χ0n) is 9.37. The van der Waals surface area contributed by atoms with Gasteiger partial charge in [-0.05, 0) is 6.07 Å². The largest absolute Gasteiger partial charge is 0.481 e. The average Bonchev–Trinajstić information content (AvgIpc) is 2.68. The molecule has 0 amide bonds. The Bertz CT molecular complexity index is 587. The first-order valence-electron chi connectivity index (χ1n) is 4.93. The number of rotatable bonds is 4. The van der Waals surface area contributed by atoms with E-state index in [0.29, 0.717) is 16.5 Å². The van der Waals surface area contributed by atoms with E-state index >= 15 is 0 Å². The summed E-state index contributed by atoms with van der Waals surface area (Å²) in [6.45, 7) is 0. The smallest absolute Gasteiger partial charge is 0.313 e. The van der Waals surface area contributed by atoms with E-state index in [1.807, 2.05) is 0 Å². The second-order valence-electron chi connectivity index (χ2n) is 3.44. The van der Waals surface area contributed by atoms with Gasteiger partial charge in [-0.1, -0.05) is 11.8 Å². The fraction of sp³-hybridized carbons (Fsp3) is 0.200. The first-order chi connectivity index (χ1) is 8.58. The first kappa shape index (κ1) is 12.5. The van der Waals surface area contributed by atoms with Crippen molar-refractivity contribution < 1.29 is 14.3 Å². The number of aromatic nitrogens is 4. The molecule has 0 bridgehead atoms. The highest BCUT2D eigenvalue weighted by Crippen LogP contribution is 2.22. The van der Waals surface area contributed by atoms with E-state index in [1.54, 1.807) is 11.6 Å². The van der Waals surface area contributed by atoms with Crippen molar-refractivity contribution in [2.75, 3.05) is 5.75 Å². The molecular formula is C10H9FN4O2S. The molecular weight excluding hydrogens is 259 g/mol. The maximum Gasteiger partial charge on any atom is 0.313 e. The summed E-state index contributed by atoms with van der Waals surface area (Å²) in [7, 11) is 1.68. The zero-order chi connectivity index (χ0) is 13.1. The molecule has 0 spiro atoms. The van der Waals surface area contributed by atoms with Gasteiger partial charge >= 0.3 is 5.97 Å². The Hall–Kier alpha value is -1.96. The van der Waals surface area contributed by atoms with Crippen molar-refractivity contribution in [2.24, 2.45) is 7.05 Å². The fourth-order valence-corrected chi connectivity index (χ4v) is 1.98. The summed E-state index contributed by atoms with van der Waals surface area (Å²) < 4.78 is 14.6. The second-order valence-corrected chi connectivity index (χ2v) is 4.38. The van der Waals surface area contributed by atoms with Gasteiger partial charge in [0.2, 0.25) is 0 Å². The van der Waals surface area contributed by atoms with E-state index in [0.717, 1.165) is 18.0 Å². The standard InChI is InChI=1S/C10H9FN4O2S/c1-15-9(6-2-7(11)4-12-3-6)13-14-10(15)18-5-8(16)17/h2-4H,5H2,1H3,(H,16,17). The normalized spacial score (nSPS) is 10.6. The minimum atomic E-state index is -0.933. The molecule has 8 heteroatoms. The van der Waals surface area contributed by atoms with Crippen LogP contribution in [0.5, 0.6) is 0 Å². The van der Waals surface area contributed by atoms with Crippen LogP contribution in [0.25, 0.3) is 11.4 Å². The summed E-state index contributed by atoms with van der Waals surface area (Å²) in [5.41, 5.74) is 0.493. The predicted octanol–water partition coefficient (Wildman–Crippen LogP) is 1.19. The molecule has 2 aromatic rings. The SMILES string of the molecule is Cn1c(SCC(=O)O)nnc1-c1cncc(F)c1. The van der Waals surface area contributed by atoms with Crippen LogP contribution in [0.15, 0.2) is 23.6 Å². The molecule has 0 unspecified atom stereocenters. The molecule has 18 heavy (non-hydrogen) atoms. The highest BCUT2D eigenvalue weighted by atomic mass is 32.2. The third-order valence-corrected chi connectivity index (χ3v) is 3.13. The number of halogens is 1. The lowest BCUT2D eigenvalue weighted by Crippen LogP contribution is -2.01. The van der Waals surface area contributed by atoms with Crippen molar-refractivity contribution in [3.8, 4) is 11.4 Å². The van der Waals surface area contributed by atoms with Gasteiger partial charge in [0.05, 0.1) is 11.9 Å². The molecule has 2 rings (SSSR count). The van der Waals surface area contributed by atoms with Gasteiger partial charge in [-0.25, -0.2) is 4.39 Å². The number of pyridine rings is 1. The third-order valence-electron chi connectivity index (χ3n) is 2.12. The molecule has 1 N–H and O–H groups in total. The number of hydrogen-bond donors (Lipinski definition) is 1. The zero-order valence-corrected chi connectivity index (χ0v) is 10.2. The van der Waals surface area contributed by atoms with Crippen molar-refractivity contribution in [3.05, 3.63) is 24.3 Å². The molecule has 0 saturated carbocycles. The third kappa shape index (κ3) is 2.65. The number of carboxylic acid groups (broad SMARTS) is 1. The van der Waals surface area contributed by atoms with Crippen LogP contribution in [0.2, 0.25) is 0 Å². The van der Waals surface area contributed by atoms with Gasteiger partial charge in [-0.2, -0.15) is 0 Å². The number of thioether (sulfide) groups is 1. The number of carbonyl (C=O) groups is 1. The van der Waals surface area contributed by atoms with Crippen LogP contribution in [0.3, 0.4) is 0 Å². The van der Waals surface area contributed by atoms with E-state index in [1.165, 1.54) is 12.3 Å². The van der Waals surface area contributed by atoms with Crippen molar-refractivity contribution in [1.82, 2.24) is 19.7 Å². The van der Waals surface area contributed by atoms with Gasteiger partial charge in [0.25, 0.3) is 0 Å². The summed E-state index contributed by atoms with van der Waals surface area (Å²) in [4.78, 5) is 14.2. The van der Waals surface area contributed by atoms with Crippen LogP contribution in [0.4, 0.5) is 4.39 Å². The molecule has 94 valence electrons. The minimum Gasteiger partial charge on any atom is -0.481 e. The molecule has 0 aliphatic carbocycles. The Balaban J connectivity index is 2.28. The molecule has 0 radical (unpaired) electrons. The maximum absolute atomic E-state index is 13.0. The van der Waals surface area contributed by atoms with E-state index in [4.69, 9.17) is 5.11 Å². The van der Waals surface area contributed by atoms with Crippen LogP contribution in [0, 0.1) is 5.82 Å². The molecule has 0 aromatic carbocycles. The van der Waals surface area contributed by atoms with Crippen LogP contribution < -0.4 is 0 Å². The van der Waals surface area contributed by atoms with Gasteiger partial charge in [0.1, 0.15) is 5.82 Å². The minimum absolute atomic E-state index is 0.104. The Labute approximate surface area is 106 Å². The van der Waals surface area contributed by atoms with Crippen LogP contribution in [-0.2, 0) is 11.8 Å². The lowest BCUT2D eigenvalue weighted by atomic mass is 10.2. The van der Waals surface area contributed by atoms with Gasteiger partial charge < -0.3 is 9.67 Å². The van der Waals surface area contributed by atoms with Gasteiger partial charge in [0.15, 0.2) is 11.0 Å². The van der Waals surface area contributed by atoms with Gasteiger partial charge in [0, 0.05) is 18.8 Å². The average molecular weight is 268 g/mol. The van der Waals surface area contributed by atoms with E-state index in [2.05, 4.69) is 15.2 Å². The Morgan fingerprint density at radius 3 is 2.94 bits per heavy atom. The molecule has 0 aliphatic heterocycles. The highest BCUT2D eigenvalue weighted by molar-refractivity contribution is 7.99. The molecule has 6 nitrogen and oxygen atoms in total.